The van der Waals surface area contributed by atoms with Crippen LogP contribution in [0.5, 0.6) is 5.75 Å². The Morgan fingerprint density at radius 2 is 1.50 bits per heavy atom. The highest BCUT2D eigenvalue weighted by Gasteiger charge is 2.12. The molecule has 0 heterocycles. The quantitative estimate of drug-likeness (QED) is 0.656. The fourth-order valence-electron chi connectivity index (χ4n) is 2.73. The zero-order valence-electron chi connectivity index (χ0n) is 15.3. The molecule has 0 unspecified atom stereocenters. The second-order valence-electron chi connectivity index (χ2n) is 6.82. The minimum Gasteiger partial charge on any atom is -0.492 e. The van der Waals surface area contributed by atoms with Gasteiger partial charge in [0.25, 0.3) is 0 Å². The van der Waals surface area contributed by atoms with E-state index >= 15 is 0 Å². The molecule has 0 N–H and O–H groups in total. The van der Waals surface area contributed by atoms with Gasteiger partial charge in [-0.2, -0.15) is 0 Å². The molecule has 126 valence electrons. The normalized spacial score (nSPS) is 11.9. The van der Waals surface area contributed by atoms with Gasteiger partial charge in [0.15, 0.2) is 0 Å². The number of hydrogen-bond donors (Lipinski definition) is 0. The molecule has 0 fully saturated rings. The lowest BCUT2D eigenvalue weighted by atomic mass is 10.1. The Hall–Kier alpha value is -1.06. The van der Waals surface area contributed by atoms with Crippen molar-refractivity contribution in [3.8, 4) is 5.75 Å². The van der Waals surface area contributed by atoms with Gasteiger partial charge in [-0.15, -0.1) is 0 Å². The number of aryl methyl sites for hydroxylation is 1. The highest BCUT2D eigenvalue weighted by atomic mass is 16.5. The van der Waals surface area contributed by atoms with Crippen LogP contribution in [0.1, 0.15) is 39.7 Å². The van der Waals surface area contributed by atoms with Gasteiger partial charge >= 0.3 is 0 Å². The van der Waals surface area contributed by atoms with Gasteiger partial charge in [-0.25, -0.2) is 0 Å². The second-order valence-corrected chi connectivity index (χ2v) is 6.82. The van der Waals surface area contributed by atoms with E-state index in [4.69, 9.17) is 4.74 Å². The van der Waals surface area contributed by atoms with Crippen molar-refractivity contribution in [1.29, 1.82) is 0 Å². The molecule has 0 amide bonds. The van der Waals surface area contributed by atoms with Gasteiger partial charge < -0.3 is 9.64 Å². The summed E-state index contributed by atoms with van der Waals surface area (Å²) in [4.78, 5) is 4.68. The molecule has 0 spiro atoms. The Morgan fingerprint density at radius 1 is 0.909 bits per heavy atom. The van der Waals surface area contributed by atoms with Crippen LogP contribution < -0.4 is 4.74 Å². The molecule has 0 aliphatic rings. The molecule has 0 aliphatic heterocycles. The summed E-state index contributed by atoms with van der Waals surface area (Å²) in [5.41, 5.74) is 1.39. The summed E-state index contributed by atoms with van der Waals surface area (Å²) in [6, 6.07) is 9.69. The summed E-state index contributed by atoms with van der Waals surface area (Å²) in [5, 5.41) is 0. The van der Waals surface area contributed by atoms with Crippen LogP contribution in [0.4, 0.5) is 0 Å². The number of benzene rings is 1. The molecule has 0 saturated carbocycles. The highest BCUT2D eigenvalue weighted by molar-refractivity contribution is 5.27. The molecule has 3 nitrogen and oxygen atoms in total. The van der Waals surface area contributed by atoms with Gasteiger partial charge in [-0.05, 0) is 78.9 Å². The average Bonchev–Trinajstić information content (AvgIpc) is 2.44. The van der Waals surface area contributed by atoms with Crippen LogP contribution in [-0.4, -0.2) is 55.7 Å². The van der Waals surface area contributed by atoms with Crippen molar-refractivity contribution < 1.29 is 4.74 Å². The number of rotatable bonds is 10. The number of hydrogen-bond acceptors (Lipinski definition) is 3. The first-order valence-electron chi connectivity index (χ1n) is 8.52. The number of nitrogens with zero attached hydrogens (tertiary/aromatic N) is 2. The van der Waals surface area contributed by atoms with E-state index in [1.807, 2.05) is 0 Å². The van der Waals surface area contributed by atoms with E-state index in [1.165, 1.54) is 12.0 Å². The number of ether oxygens (including phenoxy) is 1. The van der Waals surface area contributed by atoms with Crippen molar-refractivity contribution in [1.82, 2.24) is 9.80 Å². The Bertz CT molecular complexity index is 390. The molecule has 0 saturated heterocycles. The molecule has 0 atom stereocenters. The Labute approximate surface area is 137 Å². The Kier molecular flexibility index (Phi) is 8.51. The van der Waals surface area contributed by atoms with Crippen LogP contribution >= 0.6 is 0 Å². The molecule has 0 aliphatic carbocycles. The third-order valence-electron chi connectivity index (χ3n) is 3.94. The van der Waals surface area contributed by atoms with Crippen LogP contribution in [0, 0.1) is 0 Å². The van der Waals surface area contributed by atoms with E-state index in [-0.39, 0.29) is 0 Å². The zero-order valence-corrected chi connectivity index (χ0v) is 15.3. The first-order valence-corrected chi connectivity index (χ1v) is 8.52. The van der Waals surface area contributed by atoms with Crippen LogP contribution in [0.3, 0.4) is 0 Å². The minimum atomic E-state index is 0.558. The molecular weight excluding hydrogens is 272 g/mol. The molecule has 1 aromatic rings. The lowest BCUT2D eigenvalue weighted by Crippen LogP contribution is -2.39. The molecular formula is C19H34N2O. The van der Waals surface area contributed by atoms with Crippen molar-refractivity contribution in [3.05, 3.63) is 29.8 Å². The molecule has 22 heavy (non-hydrogen) atoms. The maximum absolute atomic E-state index is 5.88. The molecule has 1 aromatic carbocycles. The van der Waals surface area contributed by atoms with Gasteiger partial charge in [0.2, 0.25) is 0 Å². The summed E-state index contributed by atoms with van der Waals surface area (Å²) in [5.74, 6) is 0.976. The van der Waals surface area contributed by atoms with Crippen LogP contribution in [0.15, 0.2) is 24.3 Å². The van der Waals surface area contributed by atoms with Crippen molar-refractivity contribution in [3.63, 3.8) is 0 Å². The lowest BCUT2D eigenvalue weighted by Gasteiger charge is -2.30. The Morgan fingerprint density at radius 3 is 2.00 bits per heavy atom. The summed E-state index contributed by atoms with van der Waals surface area (Å²) in [7, 11) is 4.24. The van der Waals surface area contributed by atoms with Gasteiger partial charge in [-0.3, -0.25) is 4.90 Å². The predicted molar refractivity (Wildman–Crippen MR) is 95.8 cm³/mol. The van der Waals surface area contributed by atoms with Crippen molar-refractivity contribution in [2.45, 2.75) is 52.6 Å². The third kappa shape index (κ3) is 7.28. The summed E-state index contributed by atoms with van der Waals surface area (Å²) < 4.78 is 5.88. The van der Waals surface area contributed by atoms with E-state index in [0.717, 1.165) is 31.9 Å². The molecule has 3 heteroatoms. The van der Waals surface area contributed by atoms with E-state index in [2.05, 4.69) is 75.9 Å². The smallest absolute Gasteiger partial charge is 0.119 e. The third-order valence-corrected chi connectivity index (χ3v) is 3.94. The molecule has 1 rings (SSSR count). The van der Waals surface area contributed by atoms with Gasteiger partial charge in [0, 0.05) is 18.6 Å². The summed E-state index contributed by atoms with van der Waals surface area (Å²) in [6.07, 6.45) is 2.33. The van der Waals surface area contributed by atoms with Gasteiger partial charge in [-0.1, -0.05) is 12.1 Å². The average molecular weight is 306 g/mol. The standard InChI is InChI=1S/C19H34N2O/c1-16(2)21(17(3)4)14-15-22-19-11-9-18(10-12-19)8-7-13-20(5)6/h9-12,16-17H,7-8,13-15H2,1-6H3. The van der Waals surface area contributed by atoms with Gasteiger partial charge in [0.05, 0.1) is 0 Å². The van der Waals surface area contributed by atoms with E-state index < -0.39 is 0 Å². The maximum Gasteiger partial charge on any atom is 0.119 e. The van der Waals surface area contributed by atoms with Crippen LogP contribution in [0.2, 0.25) is 0 Å². The van der Waals surface area contributed by atoms with Crippen molar-refractivity contribution >= 4 is 0 Å². The van der Waals surface area contributed by atoms with Crippen molar-refractivity contribution in [2.75, 3.05) is 33.8 Å². The maximum atomic E-state index is 5.88. The molecule has 0 aromatic heterocycles. The second kappa shape index (κ2) is 9.86. The monoisotopic (exact) mass is 306 g/mol. The predicted octanol–water partition coefficient (Wildman–Crippen LogP) is 3.68. The minimum absolute atomic E-state index is 0.558. The van der Waals surface area contributed by atoms with Crippen molar-refractivity contribution in [2.24, 2.45) is 0 Å². The summed E-state index contributed by atoms with van der Waals surface area (Å²) >= 11 is 0. The highest BCUT2D eigenvalue weighted by Crippen LogP contribution is 2.14. The first kappa shape index (κ1) is 19.0. The fourth-order valence-corrected chi connectivity index (χ4v) is 2.73. The fraction of sp³-hybridized carbons (Fsp3) is 0.684. The van der Waals surface area contributed by atoms with Crippen LogP contribution in [0.25, 0.3) is 0 Å². The SMILES string of the molecule is CC(C)N(CCOc1ccc(CCCN(C)C)cc1)C(C)C. The first-order chi connectivity index (χ1) is 10.4. The summed E-state index contributed by atoms with van der Waals surface area (Å²) in [6.45, 7) is 11.8. The van der Waals surface area contributed by atoms with Crippen LogP contribution in [-0.2, 0) is 6.42 Å². The molecule has 0 bridgehead atoms. The van der Waals surface area contributed by atoms with E-state index in [1.54, 1.807) is 0 Å². The Balaban J connectivity index is 2.35. The topological polar surface area (TPSA) is 15.7 Å². The lowest BCUT2D eigenvalue weighted by molar-refractivity contribution is 0.142. The van der Waals surface area contributed by atoms with Gasteiger partial charge in [0.1, 0.15) is 12.4 Å². The van der Waals surface area contributed by atoms with E-state index in [0.29, 0.717) is 12.1 Å². The molecule has 0 radical (unpaired) electrons. The van der Waals surface area contributed by atoms with E-state index in [9.17, 15) is 0 Å². The zero-order chi connectivity index (χ0) is 16.5. The largest absolute Gasteiger partial charge is 0.492 e.